The predicted octanol–water partition coefficient (Wildman–Crippen LogP) is 4.83. The molecule has 0 saturated heterocycles. The first-order valence-electron chi connectivity index (χ1n) is 5.81. The summed E-state index contributed by atoms with van der Waals surface area (Å²) in [7, 11) is 0. The lowest BCUT2D eigenvalue weighted by Crippen LogP contribution is -1.75. The molecular formula is C15H20. The van der Waals surface area contributed by atoms with Gasteiger partial charge in [0.2, 0.25) is 0 Å². The summed E-state index contributed by atoms with van der Waals surface area (Å²) in [6.07, 6.45) is 7.21. The minimum atomic E-state index is 1.15. The summed E-state index contributed by atoms with van der Waals surface area (Å²) < 4.78 is 0. The number of rotatable bonds is 5. The second-order valence-electron chi connectivity index (χ2n) is 3.84. The largest absolute Gasteiger partial charge is 0.121 e. The average Bonchev–Trinajstić information content (AvgIpc) is 2.30. The standard InChI is InChI=1S/C15H20/c1-3-4-5-6-8-11-14(2)15-12-9-7-10-13-15/h7-10,12-13H,3-6H2,1-2H3. The van der Waals surface area contributed by atoms with Gasteiger partial charge in [-0.1, -0.05) is 50.1 Å². The van der Waals surface area contributed by atoms with E-state index in [-0.39, 0.29) is 0 Å². The van der Waals surface area contributed by atoms with E-state index in [1.54, 1.807) is 0 Å². The second-order valence-corrected chi connectivity index (χ2v) is 3.84. The molecule has 15 heavy (non-hydrogen) atoms. The summed E-state index contributed by atoms with van der Waals surface area (Å²) in [5.41, 5.74) is 5.85. The fraction of sp³-hybridized carbons (Fsp3) is 0.400. The Hall–Kier alpha value is -1.26. The highest BCUT2D eigenvalue weighted by molar-refractivity contribution is 5.62. The Balaban J connectivity index is 2.52. The van der Waals surface area contributed by atoms with Crippen molar-refractivity contribution in [3.8, 4) is 0 Å². The van der Waals surface area contributed by atoms with Gasteiger partial charge in [-0.25, -0.2) is 0 Å². The normalized spacial score (nSPS) is 9.47. The Morgan fingerprint density at radius 1 is 1.20 bits per heavy atom. The molecule has 1 aromatic rings. The molecule has 1 rings (SSSR count). The lowest BCUT2D eigenvalue weighted by atomic mass is 10.1. The predicted molar refractivity (Wildman–Crippen MR) is 67.7 cm³/mol. The smallest absolute Gasteiger partial charge is 0.00224 e. The van der Waals surface area contributed by atoms with E-state index in [0.717, 1.165) is 6.42 Å². The van der Waals surface area contributed by atoms with Crippen LogP contribution in [0, 0.1) is 0 Å². The molecule has 80 valence electrons. The number of hydrogen-bond donors (Lipinski definition) is 0. The molecule has 0 aromatic heterocycles. The van der Waals surface area contributed by atoms with E-state index in [0.29, 0.717) is 0 Å². The summed E-state index contributed by atoms with van der Waals surface area (Å²) in [5.74, 6) is 0. The maximum absolute atomic E-state index is 3.35. The lowest BCUT2D eigenvalue weighted by molar-refractivity contribution is 0.729. The molecule has 0 aliphatic heterocycles. The first kappa shape index (κ1) is 11.8. The van der Waals surface area contributed by atoms with Gasteiger partial charge in [0, 0.05) is 0 Å². The Labute approximate surface area is 93.3 Å². The van der Waals surface area contributed by atoms with Gasteiger partial charge in [0.15, 0.2) is 0 Å². The van der Waals surface area contributed by atoms with Crippen molar-refractivity contribution >= 4 is 5.57 Å². The topological polar surface area (TPSA) is 0 Å². The van der Waals surface area contributed by atoms with Crippen molar-refractivity contribution in [3.63, 3.8) is 0 Å². The SMILES string of the molecule is CCCCCC=C=C(C)c1ccccc1. The van der Waals surface area contributed by atoms with Crippen LogP contribution in [0.1, 0.15) is 45.1 Å². The highest BCUT2D eigenvalue weighted by Gasteiger charge is 1.90. The average molecular weight is 200 g/mol. The van der Waals surface area contributed by atoms with Gasteiger partial charge < -0.3 is 0 Å². The van der Waals surface area contributed by atoms with E-state index in [9.17, 15) is 0 Å². The molecule has 0 aliphatic rings. The first-order chi connectivity index (χ1) is 7.34. The monoisotopic (exact) mass is 200 g/mol. The van der Waals surface area contributed by atoms with Gasteiger partial charge >= 0.3 is 0 Å². The van der Waals surface area contributed by atoms with E-state index < -0.39 is 0 Å². The summed E-state index contributed by atoms with van der Waals surface area (Å²) in [6, 6.07) is 10.4. The van der Waals surface area contributed by atoms with Gasteiger partial charge in [-0.05, 0) is 37.0 Å². The van der Waals surface area contributed by atoms with Crippen LogP contribution in [-0.4, -0.2) is 0 Å². The third-order valence-electron chi connectivity index (χ3n) is 2.48. The van der Waals surface area contributed by atoms with Crippen molar-refractivity contribution < 1.29 is 0 Å². The molecule has 1 aromatic carbocycles. The minimum absolute atomic E-state index is 1.15. The first-order valence-corrected chi connectivity index (χ1v) is 5.81. The van der Waals surface area contributed by atoms with Crippen molar-refractivity contribution in [3.05, 3.63) is 47.7 Å². The number of benzene rings is 1. The molecule has 0 heterocycles. The third-order valence-corrected chi connectivity index (χ3v) is 2.48. The Bertz CT molecular complexity index is 326. The Morgan fingerprint density at radius 3 is 2.60 bits per heavy atom. The van der Waals surface area contributed by atoms with Crippen molar-refractivity contribution in [2.24, 2.45) is 0 Å². The molecule has 0 N–H and O–H groups in total. The van der Waals surface area contributed by atoms with Crippen LogP contribution in [0.3, 0.4) is 0 Å². The second kappa shape index (κ2) is 7.09. The number of allylic oxidation sites excluding steroid dienone is 1. The number of hydrogen-bond acceptors (Lipinski definition) is 0. The van der Waals surface area contributed by atoms with Crippen LogP contribution in [0.15, 0.2) is 42.1 Å². The van der Waals surface area contributed by atoms with Crippen molar-refractivity contribution in [1.82, 2.24) is 0 Å². The van der Waals surface area contributed by atoms with Crippen LogP contribution in [0.5, 0.6) is 0 Å². The van der Waals surface area contributed by atoms with Crippen LogP contribution < -0.4 is 0 Å². The molecule has 0 nitrogen and oxygen atoms in total. The van der Waals surface area contributed by atoms with Gasteiger partial charge in [-0.2, -0.15) is 0 Å². The maximum atomic E-state index is 3.35. The van der Waals surface area contributed by atoms with E-state index in [1.807, 2.05) is 6.07 Å². The highest BCUT2D eigenvalue weighted by atomic mass is 13.9. The van der Waals surface area contributed by atoms with Crippen LogP contribution in [0.25, 0.3) is 5.57 Å². The molecule has 0 radical (unpaired) electrons. The summed E-state index contributed by atoms with van der Waals surface area (Å²) in [5, 5.41) is 0. The molecule has 0 spiro atoms. The summed E-state index contributed by atoms with van der Waals surface area (Å²) in [6.45, 7) is 4.35. The van der Waals surface area contributed by atoms with E-state index in [4.69, 9.17) is 0 Å². The van der Waals surface area contributed by atoms with E-state index >= 15 is 0 Å². The molecule has 0 aliphatic carbocycles. The molecule has 0 unspecified atom stereocenters. The molecule has 0 heteroatoms. The van der Waals surface area contributed by atoms with Crippen LogP contribution in [0.4, 0.5) is 0 Å². The zero-order chi connectivity index (χ0) is 10.9. The maximum Gasteiger partial charge on any atom is -0.00224 e. The van der Waals surface area contributed by atoms with Gasteiger partial charge in [0.1, 0.15) is 0 Å². The van der Waals surface area contributed by atoms with Crippen molar-refractivity contribution in [2.45, 2.75) is 39.5 Å². The molecule has 0 bridgehead atoms. The third kappa shape index (κ3) is 4.67. The van der Waals surface area contributed by atoms with Crippen molar-refractivity contribution in [1.29, 1.82) is 0 Å². The highest BCUT2D eigenvalue weighted by Crippen LogP contribution is 2.11. The minimum Gasteiger partial charge on any atom is -0.121 e. The van der Waals surface area contributed by atoms with E-state index in [2.05, 4.69) is 49.9 Å². The molecule has 0 amide bonds. The van der Waals surface area contributed by atoms with Crippen LogP contribution in [0.2, 0.25) is 0 Å². The molecule has 0 saturated carbocycles. The van der Waals surface area contributed by atoms with Gasteiger partial charge in [-0.15, -0.1) is 5.73 Å². The van der Waals surface area contributed by atoms with Crippen LogP contribution >= 0.6 is 0 Å². The van der Waals surface area contributed by atoms with Gasteiger partial charge in [0.25, 0.3) is 0 Å². The van der Waals surface area contributed by atoms with Gasteiger partial charge in [-0.3, -0.25) is 0 Å². The Kier molecular flexibility index (Phi) is 5.58. The molecular weight excluding hydrogens is 180 g/mol. The Morgan fingerprint density at radius 2 is 1.93 bits per heavy atom. The van der Waals surface area contributed by atoms with Crippen molar-refractivity contribution in [2.75, 3.05) is 0 Å². The zero-order valence-corrected chi connectivity index (χ0v) is 9.79. The quantitative estimate of drug-likeness (QED) is 0.472. The summed E-state index contributed by atoms with van der Waals surface area (Å²) >= 11 is 0. The fourth-order valence-corrected chi connectivity index (χ4v) is 1.49. The molecule has 0 fully saturated rings. The fourth-order valence-electron chi connectivity index (χ4n) is 1.49. The lowest BCUT2D eigenvalue weighted by Gasteiger charge is -1.96. The summed E-state index contributed by atoms with van der Waals surface area (Å²) in [4.78, 5) is 0. The van der Waals surface area contributed by atoms with E-state index in [1.165, 1.54) is 30.4 Å². The zero-order valence-electron chi connectivity index (χ0n) is 9.79. The number of unbranched alkanes of at least 4 members (excludes halogenated alkanes) is 3. The molecule has 0 atom stereocenters. The van der Waals surface area contributed by atoms with Gasteiger partial charge in [0.05, 0.1) is 0 Å². The van der Waals surface area contributed by atoms with Crippen LogP contribution in [-0.2, 0) is 0 Å².